The van der Waals surface area contributed by atoms with Gasteiger partial charge in [-0.05, 0) is 5.57 Å². The fourth-order valence-corrected chi connectivity index (χ4v) is 3.74. The zero-order valence-corrected chi connectivity index (χ0v) is 14.6. The van der Waals surface area contributed by atoms with E-state index in [1.807, 2.05) is 0 Å². The van der Waals surface area contributed by atoms with Crippen LogP contribution < -0.4 is 5.32 Å². The minimum atomic E-state index is -1.72. The summed E-state index contributed by atoms with van der Waals surface area (Å²) in [7, 11) is 0. The Morgan fingerprint density at radius 1 is 1.50 bits per heavy atom. The molecule has 122 valence electrons. The van der Waals surface area contributed by atoms with E-state index in [0.717, 1.165) is 0 Å². The van der Waals surface area contributed by atoms with Crippen LogP contribution in [-0.2, 0) is 19.1 Å². The van der Waals surface area contributed by atoms with E-state index < -0.39 is 28.5 Å². The van der Waals surface area contributed by atoms with E-state index in [-0.39, 0.29) is 17.2 Å². The van der Waals surface area contributed by atoms with Gasteiger partial charge in [-0.15, -0.1) is 11.8 Å². The smallest absolute Gasteiger partial charge is 0.333 e. The summed E-state index contributed by atoms with van der Waals surface area (Å²) >= 11 is 18.0. The van der Waals surface area contributed by atoms with Gasteiger partial charge in [-0.2, -0.15) is 0 Å². The predicted octanol–water partition coefficient (Wildman–Crippen LogP) is 1.24. The standard InChI is InChI=1S/C12H13Cl3N2O4S/c1-5-3-22-10-7(16-6(2)18)9(19)17(10)8(5)11(20)21-4-12(13,14)15/h7-8,10H,1,3-4H2,2H3,(H,16,18)/t7-,8?,10-/m1/s1. The molecule has 0 saturated carbocycles. The lowest BCUT2D eigenvalue weighted by atomic mass is 9.98. The molecule has 2 fully saturated rings. The fraction of sp³-hybridized carbons (Fsp3) is 0.583. The van der Waals surface area contributed by atoms with E-state index in [1.165, 1.54) is 23.6 Å². The van der Waals surface area contributed by atoms with E-state index in [1.54, 1.807) is 0 Å². The molecule has 2 amide bonds. The number of β-lactam (4-membered cyclic amide) rings is 1. The number of esters is 1. The van der Waals surface area contributed by atoms with Gasteiger partial charge in [0.1, 0.15) is 18.0 Å². The molecule has 2 aliphatic heterocycles. The van der Waals surface area contributed by atoms with Gasteiger partial charge >= 0.3 is 5.97 Å². The van der Waals surface area contributed by atoms with Crippen molar-refractivity contribution in [3.05, 3.63) is 12.2 Å². The van der Waals surface area contributed by atoms with Crippen LogP contribution >= 0.6 is 46.6 Å². The molecule has 2 saturated heterocycles. The maximum absolute atomic E-state index is 12.2. The Hall–Kier alpha value is -0.630. The number of thioether (sulfide) groups is 1. The fourth-order valence-electron chi connectivity index (χ4n) is 2.27. The Morgan fingerprint density at radius 2 is 2.14 bits per heavy atom. The first-order chi connectivity index (χ1) is 10.1. The summed E-state index contributed by atoms with van der Waals surface area (Å²) in [6.07, 6.45) is 0. The average molecular weight is 388 g/mol. The molecule has 0 bridgehead atoms. The molecule has 6 nitrogen and oxygen atoms in total. The van der Waals surface area contributed by atoms with Crippen molar-refractivity contribution in [1.29, 1.82) is 0 Å². The normalized spacial score (nSPS) is 27.8. The third kappa shape index (κ3) is 3.64. The Bertz CT molecular complexity index is 537. The molecule has 0 aromatic carbocycles. The molecule has 22 heavy (non-hydrogen) atoms. The lowest BCUT2D eigenvalue weighted by molar-refractivity contribution is -0.163. The van der Waals surface area contributed by atoms with Crippen LogP contribution in [0.15, 0.2) is 12.2 Å². The minimum Gasteiger partial charge on any atom is -0.459 e. The highest BCUT2D eigenvalue weighted by Gasteiger charge is 2.56. The molecule has 2 rings (SSSR count). The van der Waals surface area contributed by atoms with E-state index in [2.05, 4.69) is 11.9 Å². The first-order valence-electron chi connectivity index (χ1n) is 6.24. The number of nitrogens with zero attached hydrogens (tertiary/aromatic N) is 1. The van der Waals surface area contributed by atoms with Crippen molar-refractivity contribution in [2.24, 2.45) is 0 Å². The van der Waals surface area contributed by atoms with Gasteiger partial charge in [0.25, 0.3) is 0 Å². The molecule has 1 unspecified atom stereocenters. The number of hydrogen-bond donors (Lipinski definition) is 1. The Kier molecular flexibility index (Phi) is 5.21. The molecule has 0 radical (unpaired) electrons. The van der Waals surface area contributed by atoms with E-state index in [9.17, 15) is 14.4 Å². The molecule has 2 aliphatic rings. The van der Waals surface area contributed by atoms with Gasteiger partial charge in [-0.3, -0.25) is 9.59 Å². The van der Waals surface area contributed by atoms with Crippen molar-refractivity contribution in [3.63, 3.8) is 0 Å². The van der Waals surface area contributed by atoms with Crippen LogP contribution in [0, 0.1) is 0 Å². The third-order valence-electron chi connectivity index (χ3n) is 3.14. The zero-order chi connectivity index (χ0) is 16.7. The highest BCUT2D eigenvalue weighted by molar-refractivity contribution is 8.00. The second kappa shape index (κ2) is 6.47. The maximum Gasteiger partial charge on any atom is 0.333 e. The number of fused-ring (bicyclic) bond motifs is 1. The monoisotopic (exact) mass is 386 g/mol. The quantitative estimate of drug-likeness (QED) is 0.341. The second-order valence-electron chi connectivity index (χ2n) is 4.91. The zero-order valence-electron chi connectivity index (χ0n) is 11.5. The molecule has 1 N–H and O–H groups in total. The van der Waals surface area contributed by atoms with Gasteiger partial charge < -0.3 is 15.0 Å². The van der Waals surface area contributed by atoms with Crippen LogP contribution in [0.1, 0.15) is 6.92 Å². The van der Waals surface area contributed by atoms with Crippen LogP contribution in [-0.4, -0.2) is 56.3 Å². The van der Waals surface area contributed by atoms with E-state index >= 15 is 0 Å². The van der Waals surface area contributed by atoms with Crippen molar-refractivity contribution in [2.75, 3.05) is 12.4 Å². The maximum atomic E-state index is 12.2. The van der Waals surface area contributed by atoms with Crippen molar-refractivity contribution >= 4 is 64.3 Å². The van der Waals surface area contributed by atoms with Crippen LogP contribution in [0.3, 0.4) is 0 Å². The Balaban J connectivity index is 2.07. The predicted molar refractivity (Wildman–Crippen MR) is 84.9 cm³/mol. The average Bonchev–Trinajstić information content (AvgIpc) is 2.41. The first kappa shape index (κ1) is 17.7. The number of carbonyl (C=O) groups is 3. The number of nitrogens with one attached hydrogen (secondary N) is 1. The number of alkyl halides is 3. The number of hydrogen-bond acceptors (Lipinski definition) is 5. The third-order valence-corrected chi connectivity index (χ3v) is 4.85. The number of rotatable bonds is 3. The topological polar surface area (TPSA) is 75.7 Å². The SMILES string of the molecule is C=C1CS[C@@H]2[C@H](NC(C)=O)C(=O)N2C1C(=O)OCC(Cl)(Cl)Cl. The number of amides is 2. The second-order valence-corrected chi connectivity index (χ2v) is 8.53. The molecule has 2 heterocycles. The van der Waals surface area contributed by atoms with Gasteiger partial charge in [-0.25, -0.2) is 4.79 Å². The molecule has 3 atom stereocenters. The Labute approximate surface area is 146 Å². The van der Waals surface area contributed by atoms with Gasteiger partial charge in [0.2, 0.25) is 15.6 Å². The summed E-state index contributed by atoms with van der Waals surface area (Å²) in [4.78, 5) is 36.8. The van der Waals surface area contributed by atoms with Crippen molar-refractivity contribution in [2.45, 2.75) is 28.2 Å². The first-order valence-corrected chi connectivity index (χ1v) is 8.42. The van der Waals surface area contributed by atoms with Gasteiger partial charge in [0.05, 0.1) is 0 Å². The summed E-state index contributed by atoms with van der Waals surface area (Å²) in [6, 6.07) is -1.56. The highest BCUT2D eigenvalue weighted by atomic mass is 35.6. The lowest BCUT2D eigenvalue weighted by Gasteiger charge is -2.52. The van der Waals surface area contributed by atoms with Crippen molar-refractivity contribution < 1.29 is 19.1 Å². The van der Waals surface area contributed by atoms with Crippen molar-refractivity contribution in [3.8, 4) is 0 Å². The van der Waals surface area contributed by atoms with Crippen LogP contribution in [0.5, 0.6) is 0 Å². The molecule has 0 aliphatic carbocycles. The molecule has 0 spiro atoms. The van der Waals surface area contributed by atoms with Crippen LogP contribution in [0.2, 0.25) is 0 Å². The van der Waals surface area contributed by atoms with Gasteiger partial charge in [-0.1, -0.05) is 41.4 Å². The van der Waals surface area contributed by atoms with E-state index in [4.69, 9.17) is 39.5 Å². The van der Waals surface area contributed by atoms with Gasteiger partial charge in [0.15, 0.2) is 6.04 Å². The van der Waals surface area contributed by atoms with Gasteiger partial charge in [0, 0.05) is 12.7 Å². The van der Waals surface area contributed by atoms with Crippen LogP contribution in [0.4, 0.5) is 0 Å². The molecular formula is C12H13Cl3N2O4S. The largest absolute Gasteiger partial charge is 0.459 e. The molecular weight excluding hydrogens is 375 g/mol. The minimum absolute atomic E-state index is 0.307. The van der Waals surface area contributed by atoms with Crippen LogP contribution in [0.25, 0.3) is 0 Å². The number of halogens is 3. The summed E-state index contributed by atoms with van der Waals surface area (Å²) < 4.78 is 3.22. The molecule has 10 heteroatoms. The number of ether oxygens (including phenoxy) is 1. The summed E-state index contributed by atoms with van der Waals surface area (Å²) in [5.74, 6) is -0.892. The molecule has 0 aromatic heterocycles. The summed E-state index contributed by atoms with van der Waals surface area (Å²) in [5.41, 5.74) is 0.533. The lowest BCUT2D eigenvalue weighted by Crippen LogP contribution is -2.74. The summed E-state index contributed by atoms with van der Waals surface area (Å²) in [5, 5.41) is 2.24. The molecule has 0 aromatic rings. The van der Waals surface area contributed by atoms with E-state index in [0.29, 0.717) is 11.3 Å². The van der Waals surface area contributed by atoms with Crippen molar-refractivity contribution in [1.82, 2.24) is 10.2 Å². The Morgan fingerprint density at radius 3 is 2.68 bits per heavy atom. The summed E-state index contributed by atoms with van der Waals surface area (Å²) in [6.45, 7) is 4.71. The number of carbonyl (C=O) groups excluding carboxylic acids is 3. The highest BCUT2D eigenvalue weighted by Crippen LogP contribution is 2.40.